The van der Waals surface area contributed by atoms with Crippen molar-refractivity contribution in [3.63, 3.8) is 0 Å². The molecule has 114 valence electrons. The first-order valence-electron chi connectivity index (χ1n) is 7.44. The zero-order valence-electron chi connectivity index (χ0n) is 13.2. The number of nitrogens with zero attached hydrogens (tertiary/aromatic N) is 3. The number of aromatic nitrogens is 3. The van der Waals surface area contributed by atoms with Gasteiger partial charge in [0.15, 0.2) is 0 Å². The Morgan fingerprint density at radius 2 is 1.75 bits per heavy atom. The lowest BCUT2D eigenvalue weighted by Gasteiger charge is -2.16. The zero-order valence-corrected chi connectivity index (χ0v) is 13.2. The van der Waals surface area contributed by atoms with E-state index in [-0.39, 0.29) is 0 Å². The third-order valence-corrected chi connectivity index (χ3v) is 2.62. The summed E-state index contributed by atoms with van der Waals surface area (Å²) >= 11 is 0. The minimum absolute atomic E-state index is 0.311. The summed E-state index contributed by atoms with van der Waals surface area (Å²) in [5, 5.41) is 6.47. The Morgan fingerprint density at radius 3 is 2.35 bits per heavy atom. The monoisotopic (exact) mass is 281 g/mol. The molecule has 0 aromatic carbocycles. The van der Waals surface area contributed by atoms with E-state index in [4.69, 9.17) is 4.74 Å². The molecule has 0 spiro atoms. The average Bonchev–Trinajstić information content (AvgIpc) is 2.35. The molecular formula is C14H27N5O. The normalized spacial score (nSPS) is 12.3. The van der Waals surface area contributed by atoms with Crippen LogP contribution < -0.4 is 15.4 Å². The molecule has 0 saturated carbocycles. The predicted octanol–water partition coefficient (Wildman–Crippen LogP) is 2.94. The van der Waals surface area contributed by atoms with Crippen molar-refractivity contribution < 1.29 is 4.74 Å². The van der Waals surface area contributed by atoms with Crippen LogP contribution in [0.15, 0.2) is 0 Å². The Morgan fingerprint density at radius 1 is 1.05 bits per heavy atom. The lowest BCUT2D eigenvalue weighted by molar-refractivity contribution is 0.312. The molecule has 0 fully saturated rings. The molecule has 1 aromatic heterocycles. The Balaban J connectivity index is 2.79. The Hall–Kier alpha value is -1.59. The SMILES string of the molecule is CCCNc1nc(NC(C)CC(C)C)nc(OCC)n1. The van der Waals surface area contributed by atoms with Crippen LogP contribution in [0, 0.1) is 5.92 Å². The third-order valence-electron chi connectivity index (χ3n) is 2.62. The van der Waals surface area contributed by atoms with Crippen molar-refractivity contribution in [2.24, 2.45) is 5.92 Å². The second-order valence-corrected chi connectivity index (χ2v) is 5.30. The fourth-order valence-electron chi connectivity index (χ4n) is 1.92. The van der Waals surface area contributed by atoms with Gasteiger partial charge in [0, 0.05) is 12.6 Å². The summed E-state index contributed by atoms with van der Waals surface area (Å²) in [6.07, 6.45) is 2.08. The first kappa shape index (κ1) is 16.5. The van der Waals surface area contributed by atoms with Gasteiger partial charge in [-0.3, -0.25) is 0 Å². The van der Waals surface area contributed by atoms with Gasteiger partial charge in [-0.15, -0.1) is 0 Å². The number of rotatable bonds is 9. The maximum atomic E-state index is 5.39. The molecule has 1 atom stereocenters. The molecule has 6 nitrogen and oxygen atoms in total. The smallest absolute Gasteiger partial charge is 0.323 e. The van der Waals surface area contributed by atoms with Crippen molar-refractivity contribution in [1.29, 1.82) is 0 Å². The summed E-state index contributed by atoms with van der Waals surface area (Å²) in [5.41, 5.74) is 0. The summed E-state index contributed by atoms with van der Waals surface area (Å²) in [6.45, 7) is 11.9. The van der Waals surface area contributed by atoms with Gasteiger partial charge >= 0.3 is 6.01 Å². The third kappa shape index (κ3) is 6.04. The summed E-state index contributed by atoms with van der Waals surface area (Å²) in [6, 6.07) is 0.672. The van der Waals surface area contributed by atoms with E-state index in [9.17, 15) is 0 Å². The number of hydrogen-bond donors (Lipinski definition) is 2. The first-order chi connectivity index (χ1) is 9.55. The molecule has 0 aliphatic heterocycles. The molecule has 20 heavy (non-hydrogen) atoms. The maximum absolute atomic E-state index is 5.39. The highest BCUT2D eigenvalue weighted by molar-refractivity contribution is 5.36. The highest BCUT2D eigenvalue weighted by Crippen LogP contribution is 2.14. The van der Waals surface area contributed by atoms with Crippen LogP contribution in [0.2, 0.25) is 0 Å². The van der Waals surface area contributed by atoms with E-state index in [0.717, 1.165) is 19.4 Å². The average molecular weight is 281 g/mol. The molecule has 0 saturated heterocycles. The van der Waals surface area contributed by atoms with Crippen LogP contribution >= 0.6 is 0 Å². The molecule has 1 heterocycles. The number of anilines is 2. The standard InChI is InChI=1S/C14H27N5O/c1-6-8-15-12-17-13(16-11(5)9-10(3)4)19-14(18-12)20-7-2/h10-11H,6-9H2,1-5H3,(H2,15,16,17,18,19). The van der Waals surface area contributed by atoms with Crippen molar-refractivity contribution in [3.05, 3.63) is 0 Å². The topological polar surface area (TPSA) is 72.0 Å². The Kier molecular flexibility index (Phi) is 7.04. The lowest BCUT2D eigenvalue weighted by atomic mass is 10.1. The molecule has 1 unspecified atom stereocenters. The lowest BCUT2D eigenvalue weighted by Crippen LogP contribution is -2.20. The van der Waals surface area contributed by atoms with Gasteiger partial charge in [-0.2, -0.15) is 15.0 Å². The van der Waals surface area contributed by atoms with Crippen LogP contribution in [-0.4, -0.2) is 34.1 Å². The molecule has 0 amide bonds. The molecule has 0 radical (unpaired) electrons. The highest BCUT2D eigenvalue weighted by Gasteiger charge is 2.10. The summed E-state index contributed by atoms with van der Waals surface area (Å²) < 4.78 is 5.39. The van der Waals surface area contributed by atoms with Crippen LogP contribution in [0.4, 0.5) is 11.9 Å². The van der Waals surface area contributed by atoms with Crippen molar-refractivity contribution in [2.75, 3.05) is 23.8 Å². The van der Waals surface area contributed by atoms with E-state index in [2.05, 4.69) is 53.3 Å². The van der Waals surface area contributed by atoms with E-state index in [1.165, 1.54) is 0 Å². The molecule has 1 rings (SSSR count). The van der Waals surface area contributed by atoms with Gasteiger partial charge in [0.1, 0.15) is 0 Å². The van der Waals surface area contributed by atoms with Gasteiger partial charge in [0.2, 0.25) is 11.9 Å². The number of hydrogen-bond acceptors (Lipinski definition) is 6. The molecule has 2 N–H and O–H groups in total. The van der Waals surface area contributed by atoms with Crippen LogP contribution in [0.1, 0.15) is 47.5 Å². The van der Waals surface area contributed by atoms with Crippen LogP contribution in [-0.2, 0) is 0 Å². The molecule has 0 aliphatic carbocycles. The van der Waals surface area contributed by atoms with Gasteiger partial charge < -0.3 is 15.4 Å². The minimum Gasteiger partial charge on any atom is -0.464 e. The van der Waals surface area contributed by atoms with Crippen molar-refractivity contribution in [3.8, 4) is 6.01 Å². The molecule has 0 aliphatic rings. The van der Waals surface area contributed by atoms with Gasteiger partial charge in [-0.05, 0) is 32.6 Å². The maximum Gasteiger partial charge on any atom is 0.323 e. The fourth-order valence-corrected chi connectivity index (χ4v) is 1.92. The van der Waals surface area contributed by atoms with Crippen molar-refractivity contribution in [1.82, 2.24) is 15.0 Å². The summed E-state index contributed by atoms with van der Waals surface area (Å²) in [7, 11) is 0. The highest BCUT2D eigenvalue weighted by atomic mass is 16.5. The summed E-state index contributed by atoms with van der Waals surface area (Å²) in [5.74, 6) is 1.75. The molecule has 6 heteroatoms. The summed E-state index contributed by atoms with van der Waals surface area (Å²) in [4.78, 5) is 12.9. The van der Waals surface area contributed by atoms with Crippen LogP contribution in [0.5, 0.6) is 6.01 Å². The van der Waals surface area contributed by atoms with E-state index in [1.807, 2.05) is 6.92 Å². The van der Waals surface area contributed by atoms with E-state index in [0.29, 0.717) is 36.5 Å². The van der Waals surface area contributed by atoms with Gasteiger partial charge in [-0.25, -0.2) is 0 Å². The van der Waals surface area contributed by atoms with Crippen molar-refractivity contribution >= 4 is 11.9 Å². The van der Waals surface area contributed by atoms with Crippen LogP contribution in [0.25, 0.3) is 0 Å². The molecular weight excluding hydrogens is 254 g/mol. The fraction of sp³-hybridized carbons (Fsp3) is 0.786. The zero-order chi connectivity index (χ0) is 15.0. The van der Waals surface area contributed by atoms with Gasteiger partial charge in [0.05, 0.1) is 6.61 Å². The van der Waals surface area contributed by atoms with Crippen LogP contribution in [0.3, 0.4) is 0 Å². The predicted molar refractivity (Wildman–Crippen MR) is 82.3 cm³/mol. The molecule has 0 bridgehead atoms. The van der Waals surface area contributed by atoms with Crippen molar-refractivity contribution in [2.45, 2.75) is 53.5 Å². The Labute approximate surface area is 121 Å². The van der Waals surface area contributed by atoms with E-state index >= 15 is 0 Å². The van der Waals surface area contributed by atoms with Gasteiger partial charge in [-0.1, -0.05) is 20.8 Å². The minimum atomic E-state index is 0.311. The second kappa shape index (κ2) is 8.55. The molecule has 1 aromatic rings. The Bertz CT molecular complexity index is 397. The largest absolute Gasteiger partial charge is 0.464 e. The van der Waals surface area contributed by atoms with E-state index in [1.54, 1.807) is 0 Å². The second-order valence-electron chi connectivity index (χ2n) is 5.30. The van der Waals surface area contributed by atoms with Gasteiger partial charge in [0.25, 0.3) is 0 Å². The quantitative estimate of drug-likeness (QED) is 0.725. The number of nitrogens with one attached hydrogen (secondary N) is 2. The van der Waals surface area contributed by atoms with E-state index < -0.39 is 0 Å². The number of ether oxygens (including phenoxy) is 1. The first-order valence-corrected chi connectivity index (χ1v) is 7.44.